The second kappa shape index (κ2) is 10.5. The zero-order valence-corrected chi connectivity index (χ0v) is 19.2. The fourth-order valence-corrected chi connectivity index (χ4v) is 3.62. The number of nitrogens with zero attached hydrogens (tertiary/aromatic N) is 2. The van der Waals surface area contributed by atoms with Crippen LogP contribution in [-0.2, 0) is 6.61 Å². The zero-order chi connectivity index (χ0) is 22.4. The quantitative estimate of drug-likeness (QED) is 0.201. The Kier molecular flexibility index (Phi) is 7.73. The van der Waals surface area contributed by atoms with Gasteiger partial charge in [-0.1, -0.05) is 29.3 Å². The predicted octanol–water partition coefficient (Wildman–Crippen LogP) is 6.70. The Morgan fingerprint density at radius 2 is 1.90 bits per heavy atom. The average molecular weight is 525 g/mol. The normalized spacial score (nSPS) is 10.8. The van der Waals surface area contributed by atoms with Gasteiger partial charge in [0.05, 0.1) is 28.4 Å². The molecule has 0 spiro atoms. The number of nitrogens with one attached hydrogen (secondary N) is 1. The Morgan fingerprint density at radius 1 is 1.16 bits per heavy atom. The molecule has 0 unspecified atom stereocenters. The monoisotopic (exact) mass is 523 g/mol. The number of benzene rings is 3. The number of hydrazone groups is 1. The fourth-order valence-electron chi connectivity index (χ4n) is 2.58. The van der Waals surface area contributed by atoms with Gasteiger partial charge in [-0.05, 0) is 57.9 Å². The molecule has 31 heavy (non-hydrogen) atoms. The maximum absolute atomic E-state index is 10.7. The van der Waals surface area contributed by atoms with Gasteiger partial charge < -0.3 is 9.47 Å². The van der Waals surface area contributed by atoms with Gasteiger partial charge in [0, 0.05) is 27.7 Å². The second-order valence-electron chi connectivity index (χ2n) is 6.23. The third kappa shape index (κ3) is 6.10. The summed E-state index contributed by atoms with van der Waals surface area (Å²) in [6, 6.07) is 14.7. The molecule has 7 nitrogen and oxygen atoms in total. The van der Waals surface area contributed by atoms with Crippen molar-refractivity contribution in [3.63, 3.8) is 0 Å². The Bertz CT molecular complexity index is 1120. The fraction of sp³-hybridized carbons (Fsp3) is 0.0952. The number of methoxy groups -OCH3 is 1. The van der Waals surface area contributed by atoms with E-state index in [1.54, 1.807) is 49.7 Å². The predicted molar refractivity (Wildman–Crippen MR) is 126 cm³/mol. The van der Waals surface area contributed by atoms with Crippen molar-refractivity contribution in [2.45, 2.75) is 6.61 Å². The first-order valence-electron chi connectivity index (χ1n) is 8.85. The van der Waals surface area contributed by atoms with E-state index in [2.05, 4.69) is 26.5 Å². The molecule has 0 aliphatic carbocycles. The number of halogens is 3. The number of hydrogen-bond acceptors (Lipinski definition) is 6. The van der Waals surface area contributed by atoms with Gasteiger partial charge in [-0.2, -0.15) is 5.10 Å². The molecule has 3 aromatic carbocycles. The van der Waals surface area contributed by atoms with Crippen molar-refractivity contribution in [2.75, 3.05) is 12.5 Å². The minimum atomic E-state index is -0.457. The number of rotatable bonds is 8. The van der Waals surface area contributed by atoms with Crippen LogP contribution in [0, 0.1) is 10.1 Å². The van der Waals surface area contributed by atoms with E-state index in [0.717, 1.165) is 11.1 Å². The van der Waals surface area contributed by atoms with Gasteiger partial charge in [-0.15, -0.1) is 0 Å². The second-order valence-corrected chi connectivity index (χ2v) is 7.93. The van der Waals surface area contributed by atoms with Crippen LogP contribution in [0.15, 0.2) is 64.2 Å². The molecule has 0 saturated carbocycles. The van der Waals surface area contributed by atoms with Crippen LogP contribution in [0.2, 0.25) is 10.0 Å². The minimum absolute atomic E-state index is 0.0127. The van der Waals surface area contributed by atoms with Crippen LogP contribution in [-0.4, -0.2) is 18.2 Å². The molecule has 0 saturated heterocycles. The van der Waals surface area contributed by atoms with Gasteiger partial charge in [-0.25, -0.2) is 0 Å². The standard InChI is InChI=1S/C21H16BrCl2N3O4/c1-30-20-9-13(11-25-26-16-4-6-17(7-5-16)27(28)29)8-18(22)21(20)31-12-14-2-3-15(23)10-19(14)24/h2-11,26H,12H2,1H3/b25-11+. The summed E-state index contributed by atoms with van der Waals surface area (Å²) < 4.78 is 12.0. The van der Waals surface area contributed by atoms with Crippen molar-refractivity contribution >= 4 is 56.7 Å². The summed E-state index contributed by atoms with van der Waals surface area (Å²) in [4.78, 5) is 10.2. The van der Waals surface area contributed by atoms with Crippen molar-refractivity contribution in [1.29, 1.82) is 0 Å². The molecule has 160 valence electrons. The Morgan fingerprint density at radius 3 is 2.55 bits per heavy atom. The van der Waals surface area contributed by atoms with Crippen LogP contribution >= 0.6 is 39.1 Å². The van der Waals surface area contributed by atoms with E-state index in [9.17, 15) is 10.1 Å². The maximum Gasteiger partial charge on any atom is 0.269 e. The molecule has 0 heterocycles. The number of anilines is 1. The zero-order valence-electron chi connectivity index (χ0n) is 16.1. The van der Waals surface area contributed by atoms with Crippen LogP contribution in [0.25, 0.3) is 0 Å². The summed E-state index contributed by atoms with van der Waals surface area (Å²) in [7, 11) is 1.54. The molecule has 3 aromatic rings. The molecule has 3 rings (SSSR count). The molecule has 0 atom stereocenters. The van der Waals surface area contributed by atoms with E-state index in [-0.39, 0.29) is 12.3 Å². The highest BCUT2D eigenvalue weighted by atomic mass is 79.9. The topological polar surface area (TPSA) is 86.0 Å². The van der Waals surface area contributed by atoms with Crippen molar-refractivity contribution in [3.8, 4) is 11.5 Å². The molecule has 0 aliphatic heterocycles. The van der Waals surface area contributed by atoms with E-state index in [4.69, 9.17) is 32.7 Å². The smallest absolute Gasteiger partial charge is 0.269 e. The van der Waals surface area contributed by atoms with Gasteiger partial charge in [0.2, 0.25) is 0 Å². The first kappa shape index (κ1) is 22.9. The molecule has 10 heteroatoms. The van der Waals surface area contributed by atoms with Gasteiger partial charge in [0.25, 0.3) is 5.69 Å². The number of ether oxygens (including phenoxy) is 2. The Hall–Kier alpha value is -2.81. The molecule has 0 bridgehead atoms. The highest BCUT2D eigenvalue weighted by Crippen LogP contribution is 2.37. The SMILES string of the molecule is COc1cc(/C=N/Nc2ccc([N+](=O)[O-])cc2)cc(Br)c1OCc1ccc(Cl)cc1Cl. The molecule has 0 fully saturated rings. The molecular formula is C21H16BrCl2N3O4. The van der Waals surface area contributed by atoms with Crippen LogP contribution in [0.4, 0.5) is 11.4 Å². The molecular weight excluding hydrogens is 509 g/mol. The molecule has 0 amide bonds. The van der Waals surface area contributed by atoms with Crippen molar-refractivity contribution < 1.29 is 14.4 Å². The van der Waals surface area contributed by atoms with Crippen LogP contribution in [0.3, 0.4) is 0 Å². The van der Waals surface area contributed by atoms with Crippen molar-refractivity contribution in [2.24, 2.45) is 5.10 Å². The van der Waals surface area contributed by atoms with Crippen LogP contribution in [0.5, 0.6) is 11.5 Å². The Balaban J connectivity index is 1.70. The maximum atomic E-state index is 10.7. The lowest BCUT2D eigenvalue weighted by Crippen LogP contribution is -2.00. The van der Waals surface area contributed by atoms with Gasteiger partial charge in [0.1, 0.15) is 6.61 Å². The number of nitro benzene ring substituents is 1. The summed E-state index contributed by atoms with van der Waals surface area (Å²) in [5.74, 6) is 1.03. The summed E-state index contributed by atoms with van der Waals surface area (Å²) >= 11 is 15.6. The number of nitro groups is 1. The van der Waals surface area contributed by atoms with E-state index < -0.39 is 4.92 Å². The third-order valence-corrected chi connectivity index (χ3v) is 5.30. The lowest BCUT2D eigenvalue weighted by atomic mass is 10.2. The van der Waals surface area contributed by atoms with Gasteiger partial charge >= 0.3 is 0 Å². The van der Waals surface area contributed by atoms with E-state index in [1.807, 2.05) is 6.07 Å². The average Bonchev–Trinajstić information content (AvgIpc) is 2.74. The number of non-ortho nitro benzene ring substituents is 1. The number of hydrogen-bond donors (Lipinski definition) is 1. The van der Waals surface area contributed by atoms with E-state index >= 15 is 0 Å². The summed E-state index contributed by atoms with van der Waals surface area (Å²) in [5.41, 5.74) is 4.99. The first-order chi connectivity index (χ1) is 14.9. The Labute approximate surface area is 196 Å². The van der Waals surface area contributed by atoms with Crippen molar-refractivity contribution in [1.82, 2.24) is 0 Å². The van der Waals surface area contributed by atoms with Crippen LogP contribution in [0.1, 0.15) is 11.1 Å². The molecule has 0 aliphatic rings. The minimum Gasteiger partial charge on any atom is -0.493 e. The summed E-state index contributed by atoms with van der Waals surface area (Å²) in [6.45, 7) is 0.236. The van der Waals surface area contributed by atoms with E-state index in [1.165, 1.54) is 12.1 Å². The largest absolute Gasteiger partial charge is 0.493 e. The summed E-state index contributed by atoms with van der Waals surface area (Å²) in [5, 5.41) is 15.9. The highest BCUT2D eigenvalue weighted by Gasteiger charge is 2.13. The van der Waals surface area contributed by atoms with Gasteiger partial charge in [-0.3, -0.25) is 15.5 Å². The van der Waals surface area contributed by atoms with Gasteiger partial charge in [0.15, 0.2) is 11.5 Å². The third-order valence-electron chi connectivity index (χ3n) is 4.12. The molecule has 1 N–H and O–H groups in total. The van der Waals surface area contributed by atoms with E-state index in [0.29, 0.717) is 31.7 Å². The molecule has 0 radical (unpaired) electrons. The molecule has 0 aromatic heterocycles. The van der Waals surface area contributed by atoms with Crippen LogP contribution < -0.4 is 14.9 Å². The highest BCUT2D eigenvalue weighted by molar-refractivity contribution is 9.10. The first-order valence-corrected chi connectivity index (χ1v) is 10.4. The lowest BCUT2D eigenvalue weighted by molar-refractivity contribution is -0.384. The summed E-state index contributed by atoms with van der Waals surface area (Å²) in [6.07, 6.45) is 1.59. The van der Waals surface area contributed by atoms with Crippen molar-refractivity contribution in [3.05, 3.63) is 90.4 Å². The lowest BCUT2D eigenvalue weighted by Gasteiger charge is -2.14.